The normalized spacial score (nSPS) is 15.7. The van der Waals surface area contributed by atoms with E-state index < -0.39 is 6.17 Å². The van der Waals surface area contributed by atoms with Gasteiger partial charge in [-0.2, -0.15) is 0 Å². The van der Waals surface area contributed by atoms with Crippen LogP contribution < -0.4 is 15.0 Å². The summed E-state index contributed by atoms with van der Waals surface area (Å²) < 4.78 is 21.1. The molecule has 2 heterocycles. The Balaban J connectivity index is 1.19. The molecule has 164 valence electrons. The summed E-state index contributed by atoms with van der Waals surface area (Å²) in [5.41, 5.74) is 1.09. The molecular formula is C24H28FN3O2S. The van der Waals surface area contributed by atoms with Gasteiger partial charge in [-0.05, 0) is 36.1 Å². The highest BCUT2D eigenvalue weighted by Crippen LogP contribution is 2.28. The van der Waals surface area contributed by atoms with Crippen LogP contribution in [0.5, 0.6) is 5.75 Å². The van der Waals surface area contributed by atoms with E-state index in [2.05, 4.69) is 21.2 Å². The third-order valence-corrected chi connectivity index (χ3v) is 6.76. The zero-order chi connectivity index (χ0) is 21.6. The third kappa shape index (κ3) is 5.35. The fraction of sp³-hybridized carbons (Fsp3) is 0.375. The predicted molar refractivity (Wildman–Crippen MR) is 125 cm³/mol. The van der Waals surface area contributed by atoms with Crippen molar-refractivity contribution in [1.29, 1.82) is 0 Å². The van der Waals surface area contributed by atoms with Crippen LogP contribution in [0, 0.1) is 0 Å². The van der Waals surface area contributed by atoms with Gasteiger partial charge in [0.05, 0.1) is 17.7 Å². The maximum atomic E-state index is 14.5. The van der Waals surface area contributed by atoms with E-state index in [-0.39, 0.29) is 5.91 Å². The monoisotopic (exact) mass is 441 g/mol. The van der Waals surface area contributed by atoms with E-state index >= 15 is 0 Å². The maximum Gasteiger partial charge on any atom is 0.261 e. The highest BCUT2D eigenvalue weighted by atomic mass is 32.1. The number of rotatable bonds is 8. The Morgan fingerprint density at radius 2 is 1.87 bits per heavy atom. The molecule has 1 aliphatic rings. The summed E-state index contributed by atoms with van der Waals surface area (Å²) in [5.74, 6) is 0.743. The molecule has 0 saturated carbocycles. The fourth-order valence-corrected chi connectivity index (χ4v) is 4.94. The first-order valence-corrected chi connectivity index (χ1v) is 11.5. The minimum Gasteiger partial charge on any atom is -0.495 e. The predicted octanol–water partition coefficient (Wildman–Crippen LogP) is 4.19. The molecule has 2 aromatic carbocycles. The number of anilines is 1. The molecule has 1 aromatic heterocycles. The molecule has 1 fully saturated rings. The summed E-state index contributed by atoms with van der Waals surface area (Å²) >= 11 is 1.47. The van der Waals surface area contributed by atoms with Crippen LogP contribution in [0.25, 0.3) is 10.1 Å². The van der Waals surface area contributed by atoms with E-state index in [0.29, 0.717) is 24.4 Å². The molecule has 1 saturated heterocycles. The molecule has 0 radical (unpaired) electrons. The summed E-state index contributed by atoms with van der Waals surface area (Å²) in [6, 6.07) is 17.8. The second kappa shape index (κ2) is 10.1. The lowest BCUT2D eigenvalue weighted by atomic mass is 10.2. The van der Waals surface area contributed by atoms with Crippen molar-refractivity contribution in [3.63, 3.8) is 0 Å². The number of halogens is 1. The molecule has 1 atom stereocenters. The number of nitrogens with zero attached hydrogens (tertiary/aromatic N) is 2. The Kier molecular flexibility index (Phi) is 7.04. The van der Waals surface area contributed by atoms with E-state index in [1.807, 2.05) is 48.5 Å². The van der Waals surface area contributed by atoms with Gasteiger partial charge < -0.3 is 15.0 Å². The van der Waals surface area contributed by atoms with Crippen LogP contribution in [0.3, 0.4) is 0 Å². The summed E-state index contributed by atoms with van der Waals surface area (Å²) in [4.78, 5) is 17.5. The third-order valence-electron chi connectivity index (χ3n) is 5.65. The molecule has 5 nitrogen and oxygen atoms in total. The first-order valence-electron chi connectivity index (χ1n) is 10.6. The minimum atomic E-state index is -0.958. The molecule has 0 spiro atoms. The number of ether oxygens (including phenoxy) is 1. The fourth-order valence-electron chi connectivity index (χ4n) is 3.96. The van der Waals surface area contributed by atoms with Gasteiger partial charge in [0.1, 0.15) is 11.9 Å². The number of carbonyl (C=O) groups excluding carboxylic acids is 1. The van der Waals surface area contributed by atoms with Crippen molar-refractivity contribution in [2.24, 2.45) is 0 Å². The van der Waals surface area contributed by atoms with Gasteiger partial charge in [-0.25, -0.2) is 4.39 Å². The van der Waals surface area contributed by atoms with Gasteiger partial charge >= 0.3 is 0 Å². The lowest BCUT2D eigenvalue weighted by molar-refractivity contribution is 0.0951. The van der Waals surface area contributed by atoms with E-state index in [4.69, 9.17) is 4.74 Å². The molecule has 1 aliphatic heterocycles. The van der Waals surface area contributed by atoms with Crippen molar-refractivity contribution in [3.8, 4) is 5.75 Å². The van der Waals surface area contributed by atoms with Crippen LogP contribution in [0.1, 0.15) is 16.1 Å². The van der Waals surface area contributed by atoms with Gasteiger partial charge in [0.2, 0.25) is 0 Å². The van der Waals surface area contributed by atoms with Gasteiger partial charge in [-0.15, -0.1) is 11.3 Å². The first kappa shape index (κ1) is 21.6. The van der Waals surface area contributed by atoms with Crippen molar-refractivity contribution in [2.45, 2.75) is 12.6 Å². The SMILES string of the molecule is COc1ccccc1N1CCN(CC(F)CCNC(=O)c2cc3ccccc3s2)CC1. The first-order chi connectivity index (χ1) is 15.1. The molecule has 1 N–H and O–H groups in total. The lowest BCUT2D eigenvalue weighted by Gasteiger charge is -2.37. The van der Waals surface area contributed by atoms with Gasteiger partial charge in [0.15, 0.2) is 0 Å². The molecule has 4 rings (SSSR count). The Morgan fingerprint density at radius 3 is 2.65 bits per heavy atom. The number of hydrogen-bond donors (Lipinski definition) is 1. The molecular weight excluding hydrogens is 413 g/mol. The highest BCUT2D eigenvalue weighted by Gasteiger charge is 2.22. The number of piperazine rings is 1. The molecule has 0 aliphatic carbocycles. The van der Waals surface area contributed by atoms with Crippen LogP contribution >= 0.6 is 11.3 Å². The second-order valence-corrected chi connectivity index (χ2v) is 8.83. The summed E-state index contributed by atoms with van der Waals surface area (Å²) in [5, 5.41) is 3.92. The van der Waals surface area contributed by atoms with E-state index in [1.54, 1.807) is 7.11 Å². The Morgan fingerprint density at radius 1 is 1.13 bits per heavy atom. The van der Waals surface area contributed by atoms with Crippen molar-refractivity contribution >= 4 is 33.0 Å². The molecule has 1 unspecified atom stereocenters. The standard InChI is InChI=1S/C24H28FN3O2S/c1-30-21-8-4-3-7-20(21)28-14-12-27(13-15-28)17-19(25)10-11-26-24(29)23-16-18-6-2-5-9-22(18)31-23/h2-9,16,19H,10-15,17H2,1H3,(H,26,29). The van der Waals surface area contributed by atoms with Crippen LogP contribution in [-0.4, -0.2) is 63.4 Å². The molecule has 3 aromatic rings. The van der Waals surface area contributed by atoms with Crippen molar-refractivity contribution in [3.05, 3.63) is 59.5 Å². The Bertz CT molecular complexity index is 984. The van der Waals surface area contributed by atoms with E-state index in [0.717, 1.165) is 47.7 Å². The number of benzene rings is 2. The number of amides is 1. The summed E-state index contributed by atoms with van der Waals surface area (Å²) in [6.07, 6.45) is -0.635. The molecule has 1 amide bonds. The number of fused-ring (bicyclic) bond motifs is 1. The average Bonchev–Trinajstić information content (AvgIpc) is 3.24. The number of thiophene rings is 1. The van der Waals surface area contributed by atoms with Crippen LogP contribution in [0.2, 0.25) is 0 Å². The Hall–Kier alpha value is -2.64. The molecule has 0 bridgehead atoms. The van der Waals surface area contributed by atoms with Crippen LogP contribution in [0.15, 0.2) is 54.6 Å². The van der Waals surface area contributed by atoms with Gasteiger partial charge in [0, 0.05) is 44.0 Å². The van der Waals surface area contributed by atoms with Gasteiger partial charge in [0.25, 0.3) is 5.91 Å². The van der Waals surface area contributed by atoms with Crippen molar-refractivity contribution in [1.82, 2.24) is 10.2 Å². The van der Waals surface area contributed by atoms with Gasteiger partial charge in [-0.1, -0.05) is 30.3 Å². The Labute approximate surface area is 186 Å². The zero-order valence-corrected chi connectivity index (χ0v) is 18.5. The number of nitrogens with one attached hydrogen (secondary N) is 1. The summed E-state index contributed by atoms with van der Waals surface area (Å²) in [6.45, 7) is 4.05. The van der Waals surface area contributed by atoms with Crippen molar-refractivity contribution < 1.29 is 13.9 Å². The highest BCUT2D eigenvalue weighted by molar-refractivity contribution is 7.20. The van der Waals surface area contributed by atoms with Crippen LogP contribution in [0.4, 0.5) is 10.1 Å². The minimum absolute atomic E-state index is 0.126. The quantitative estimate of drug-likeness (QED) is 0.569. The largest absolute Gasteiger partial charge is 0.495 e. The molecule has 31 heavy (non-hydrogen) atoms. The number of alkyl halides is 1. The second-order valence-electron chi connectivity index (χ2n) is 7.75. The van der Waals surface area contributed by atoms with Gasteiger partial charge in [-0.3, -0.25) is 9.69 Å². The number of hydrogen-bond acceptors (Lipinski definition) is 5. The van der Waals surface area contributed by atoms with E-state index in [1.165, 1.54) is 11.3 Å². The number of para-hydroxylation sites is 2. The smallest absolute Gasteiger partial charge is 0.261 e. The lowest BCUT2D eigenvalue weighted by Crippen LogP contribution is -2.48. The zero-order valence-electron chi connectivity index (χ0n) is 17.7. The topological polar surface area (TPSA) is 44.8 Å². The summed E-state index contributed by atoms with van der Waals surface area (Å²) in [7, 11) is 1.68. The maximum absolute atomic E-state index is 14.5. The average molecular weight is 442 g/mol. The number of carbonyl (C=O) groups is 1. The molecule has 7 heteroatoms. The van der Waals surface area contributed by atoms with E-state index in [9.17, 15) is 9.18 Å². The van der Waals surface area contributed by atoms with Crippen LogP contribution in [-0.2, 0) is 0 Å². The van der Waals surface area contributed by atoms with Crippen molar-refractivity contribution in [2.75, 3.05) is 51.3 Å². The number of methoxy groups -OCH3 is 1.